The minimum Gasteiger partial charge on any atom is -0.496 e. The van der Waals surface area contributed by atoms with Crippen LogP contribution in [0.5, 0.6) is 5.75 Å². The van der Waals surface area contributed by atoms with Crippen LogP contribution in [0.1, 0.15) is 12.5 Å². The Bertz CT molecular complexity index is 572. The Morgan fingerprint density at radius 1 is 1.29 bits per heavy atom. The van der Waals surface area contributed by atoms with Crippen LogP contribution in [0.4, 0.5) is 0 Å². The van der Waals surface area contributed by atoms with Crippen molar-refractivity contribution in [2.45, 2.75) is 13.3 Å². The lowest BCUT2D eigenvalue weighted by atomic mass is 10.1. The van der Waals surface area contributed by atoms with Crippen molar-refractivity contribution in [1.29, 1.82) is 0 Å². The van der Waals surface area contributed by atoms with Crippen LogP contribution in [0, 0.1) is 0 Å². The number of benzene rings is 1. The van der Waals surface area contributed by atoms with Crippen molar-refractivity contribution in [2.75, 3.05) is 33.0 Å². The van der Waals surface area contributed by atoms with Gasteiger partial charge in [-0.05, 0) is 18.1 Å². The monoisotopic (exact) mass is 314 g/mol. The van der Waals surface area contributed by atoms with E-state index in [0.29, 0.717) is 19.5 Å². The number of methoxy groups -OCH3 is 1. The highest BCUT2D eigenvalue weighted by atomic mass is 32.2. The number of carbonyl (C=O) groups is 1. The van der Waals surface area contributed by atoms with E-state index in [0.717, 1.165) is 17.6 Å². The van der Waals surface area contributed by atoms with Gasteiger partial charge in [-0.25, -0.2) is 13.1 Å². The van der Waals surface area contributed by atoms with Crippen molar-refractivity contribution < 1.29 is 17.9 Å². The molecule has 1 amide bonds. The summed E-state index contributed by atoms with van der Waals surface area (Å²) in [7, 11) is -1.62. The third-order valence-electron chi connectivity index (χ3n) is 3.03. The van der Waals surface area contributed by atoms with E-state index in [4.69, 9.17) is 4.74 Å². The molecule has 0 aliphatic carbocycles. The summed E-state index contributed by atoms with van der Waals surface area (Å²) in [6.07, 6.45) is 1.75. The van der Waals surface area contributed by atoms with Gasteiger partial charge < -0.3 is 9.64 Å². The van der Waals surface area contributed by atoms with E-state index >= 15 is 0 Å². The molecular weight excluding hydrogens is 292 g/mol. The summed E-state index contributed by atoms with van der Waals surface area (Å²) < 4.78 is 29.7. The van der Waals surface area contributed by atoms with Crippen molar-refractivity contribution in [3.05, 3.63) is 29.8 Å². The first-order chi connectivity index (χ1) is 9.83. The molecule has 1 rings (SSSR count). The van der Waals surface area contributed by atoms with E-state index in [1.165, 1.54) is 6.92 Å². The first-order valence-electron chi connectivity index (χ1n) is 6.65. The molecule has 0 atom stereocenters. The van der Waals surface area contributed by atoms with E-state index in [-0.39, 0.29) is 12.5 Å². The van der Waals surface area contributed by atoms with Crippen LogP contribution < -0.4 is 9.46 Å². The summed E-state index contributed by atoms with van der Waals surface area (Å²) in [5.41, 5.74) is 1.02. The summed E-state index contributed by atoms with van der Waals surface area (Å²) in [5, 5.41) is 0. The van der Waals surface area contributed by atoms with Gasteiger partial charge in [-0.1, -0.05) is 18.2 Å². The van der Waals surface area contributed by atoms with Crippen LogP contribution in [0.15, 0.2) is 24.3 Å². The van der Waals surface area contributed by atoms with Crippen molar-refractivity contribution in [3.63, 3.8) is 0 Å². The van der Waals surface area contributed by atoms with Crippen LogP contribution in [0.25, 0.3) is 0 Å². The highest BCUT2D eigenvalue weighted by Gasteiger charge is 2.11. The SMILES string of the molecule is COc1ccccc1CCN(CCNS(C)(=O)=O)C(C)=O. The van der Waals surface area contributed by atoms with Crippen LogP contribution >= 0.6 is 0 Å². The fraction of sp³-hybridized carbons (Fsp3) is 0.500. The fourth-order valence-corrected chi connectivity index (χ4v) is 2.42. The van der Waals surface area contributed by atoms with E-state index in [1.54, 1.807) is 12.0 Å². The average Bonchev–Trinajstić information content (AvgIpc) is 2.41. The Balaban J connectivity index is 2.57. The molecule has 0 saturated heterocycles. The van der Waals surface area contributed by atoms with Crippen molar-refractivity contribution in [1.82, 2.24) is 9.62 Å². The molecule has 0 saturated carbocycles. The lowest BCUT2D eigenvalue weighted by Gasteiger charge is -2.21. The first kappa shape index (κ1) is 17.5. The molecule has 0 bridgehead atoms. The van der Waals surface area contributed by atoms with Crippen LogP contribution in [0.3, 0.4) is 0 Å². The summed E-state index contributed by atoms with van der Waals surface area (Å²) >= 11 is 0. The quantitative estimate of drug-likeness (QED) is 0.764. The number of rotatable bonds is 8. The molecule has 0 aliphatic rings. The van der Waals surface area contributed by atoms with E-state index < -0.39 is 10.0 Å². The number of nitrogens with zero attached hydrogens (tertiary/aromatic N) is 1. The maximum Gasteiger partial charge on any atom is 0.219 e. The smallest absolute Gasteiger partial charge is 0.219 e. The number of ether oxygens (including phenoxy) is 1. The van der Waals surface area contributed by atoms with E-state index in [2.05, 4.69) is 4.72 Å². The highest BCUT2D eigenvalue weighted by molar-refractivity contribution is 7.88. The zero-order valence-corrected chi connectivity index (χ0v) is 13.4. The predicted octanol–water partition coefficient (Wildman–Crippen LogP) is 0.635. The average molecular weight is 314 g/mol. The molecule has 1 aromatic rings. The van der Waals surface area contributed by atoms with Gasteiger partial charge in [-0.3, -0.25) is 4.79 Å². The molecule has 0 aliphatic heterocycles. The van der Waals surface area contributed by atoms with Crippen molar-refractivity contribution in [3.8, 4) is 5.75 Å². The third kappa shape index (κ3) is 6.59. The lowest BCUT2D eigenvalue weighted by molar-refractivity contribution is -0.128. The molecule has 7 heteroatoms. The molecule has 0 aromatic heterocycles. The predicted molar refractivity (Wildman–Crippen MR) is 81.8 cm³/mol. The molecule has 6 nitrogen and oxygen atoms in total. The summed E-state index contributed by atoms with van der Waals surface area (Å²) in [6.45, 7) is 2.55. The molecule has 0 spiro atoms. The van der Waals surface area contributed by atoms with Gasteiger partial charge >= 0.3 is 0 Å². The number of nitrogens with one attached hydrogen (secondary N) is 1. The molecule has 0 radical (unpaired) electrons. The van der Waals surface area contributed by atoms with Gasteiger partial charge in [0.2, 0.25) is 15.9 Å². The fourth-order valence-electron chi connectivity index (χ4n) is 1.96. The molecule has 1 N–H and O–H groups in total. The van der Waals surface area contributed by atoms with Gasteiger partial charge in [-0.2, -0.15) is 0 Å². The maximum absolute atomic E-state index is 11.6. The lowest BCUT2D eigenvalue weighted by Crippen LogP contribution is -2.38. The molecule has 0 unspecified atom stereocenters. The van der Waals surface area contributed by atoms with E-state index in [9.17, 15) is 13.2 Å². The third-order valence-corrected chi connectivity index (χ3v) is 3.76. The largest absolute Gasteiger partial charge is 0.496 e. The molecule has 0 heterocycles. The Morgan fingerprint density at radius 3 is 2.52 bits per heavy atom. The highest BCUT2D eigenvalue weighted by Crippen LogP contribution is 2.17. The van der Waals surface area contributed by atoms with Crippen LogP contribution in [-0.4, -0.2) is 52.2 Å². The Morgan fingerprint density at radius 2 is 1.95 bits per heavy atom. The first-order valence-corrected chi connectivity index (χ1v) is 8.54. The number of para-hydroxylation sites is 1. The van der Waals surface area contributed by atoms with Crippen molar-refractivity contribution >= 4 is 15.9 Å². The number of sulfonamides is 1. The van der Waals surface area contributed by atoms with Crippen molar-refractivity contribution in [2.24, 2.45) is 0 Å². The zero-order chi connectivity index (χ0) is 15.9. The summed E-state index contributed by atoms with van der Waals surface area (Å²) in [5.74, 6) is 0.704. The molecular formula is C14H22N2O4S. The second-order valence-electron chi connectivity index (χ2n) is 4.73. The minimum atomic E-state index is -3.23. The second-order valence-corrected chi connectivity index (χ2v) is 6.57. The second kappa shape index (κ2) is 7.99. The van der Waals surface area contributed by atoms with Crippen LogP contribution in [0.2, 0.25) is 0 Å². The normalized spacial score (nSPS) is 11.2. The Hall–Kier alpha value is -1.60. The van der Waals surface area contributed by atoms with Crippen LogP contribution in [-0.2, 0) is 21.2 Å². The standard InChI is InChI=1S/C14H22N2O4S/c1-12(17)16(11-9-15-21(3,18)19)10-8-13-6-4-5-7-14(13)20-2/h4-7,15H,8-11H2,1-3H3. The van der Waals surface area contributed by atoms with Gasteiger partial charge in [0.1, 0.15) is 5.75 Å². The van der Waals surface area contributed by atoms with Gasteiger partial charge in [0, 0.05) is 26.6 Å². The Kier molecular flexibility index (Phi) is 6.64. The summed E-state index contributed by atoms with van der Waals surface area (Å²) in [6, 6.07) is 7.63. The molecule has 21 heavy (non-hydrogen) atoms. The zero-order valence-electron chi connectivity index (χ0n) is 12.6. The minimum absolute atomic E-state index is 0.0831. The van der Waals surface area contributed by atoms with Gasteiger partial charge in [0.05, 0.1) is 13.4 Å². The van der Waals surface area contributed by atoms with Gasteiger partial charge in [0.25, 0.3) is 0 Å². The van der Waals surface area contributed by atoms with Gasteiger partial charge in [0.15, 0.2) is 0 Å². The molecule has 1 aromatic carbocycles. The summed E-state index contributed by atoms with van der Waals surface area (Å²) in [4.78, 5) is 13.2. The number of amides is 1. The van der Waals surface area contributed by atoms with Gasteiger partial charge in [-0.15, -0.1) is 0 Å². The van der Waals surface area contributed by atoms with E-state index in [1.807, 2.05) is 24.3 Å². The maximum atomic E-state index is 11.6. The topological polar surface area (TPSA) is 75.7 Å². The molecule has 0 fully saturated rings. The molecule has 118 valence electrons. The number of hydrogen-bond acceptors (Lipinski definition) is 4. The Labute approximate surface area is 126 Å². The number of hydrogen-bond donors (Lipinski definition) is 1. The number of carbonyl (C=O) groups excluding carboxylic acids is 1.